The largest absolute Gasteiger partial charge is 0.376 e. The number of nitrogens with zero attached hydrogens (tertiary/aromatic N) is 2. The molecule has 0 bridgehead atoms. The van der Waals surface area contributed by atoms with Crippen LogP contribution in [0.4, 0.5) is 5.95 Å². The van der Waals surface area contributed by atoms with Crippen molar-refractivity contribution in [2.75, 3.05) is 18.5 Å². The molecule has 0 amide bonds. The number of ether oxygens (including phenoxy) is 1. The van der Waals surface area contributed by atoms with Crippen LogP contribution in [0.5, 0.6) is 0 Å². The van der Waals surface area contributed by atoms with Crippen LogP contribution in [0.3, 0.4) is 0 Å². The van der Waals surface area contributed by atoms with Gasteiger partial charge in [-0.1, -0.05) is 19.3 Å². The van der Waals surface area contributed by atoms with Gasteiger partial charge in [-0.25, -0.2) is 4.98 Å². The Hall–Kier alpha value is -1.03. The summed E-state index contributed by atoms with van der Waals surface area (Å²) < 4.78 is 7.96. The van der Waals surface area contributed by atoms with Crippen molar-refractivity contribution in [2.24, 2.45) is 0 Å². The van der Waals surface area contributed by atoms with Crippen LogP contribution in [0.15, 0.2) is 12.4 Å². The van der Waals surface area contributed by atoms with Gasteiger partial charge in [0.05, 0.1) is 6.10 Å². The number of nitrogens with one attached hydrogen (secondary N) is 1. The third kappa shape index (κ3) is 2.69. The van der Waals surface area contributed by atoms with Crippen LogP contribution in [0.1, 0.15) is 51.0 Å². The first-order chi connectivity index (χ1) is 8.93. The predicted octanol–water partition coefficient (Wildman–Crippen LogP) is 2.98. The van der Waals surface area contributed by atoms with Gasteiger partial charge in [0.1, 0.15) is 0 Å². The number of hydrogen-bond acceptors (Lipinski definition) is 3. The maximum Gasteiger partial charge on any atom is 0.203 e. The van der Waals surface area contributed by atoms with E-state index in [-0.39, 0.29) is 0 Å². The lowest BCUT2D eigenvalue weighted by Crippen LogP contribution is -2.22. The van der Waals surface area contributed by atoms with Gasteiger partial charge >= 0.3 is 0 Å². The number of hydrogen-bond donors (Lipinski definition) is 1. The molecule has 2 heterocycles. The Morgan fingerprint density at radius 2 is 2.11 bits per heavy atom. The minimum Gasteiger partial charge on any atom is -0.376 e. The molecule has 1 unspecified atom stereocenters. The molecule has 0 radical (unpaired) electrons. The van der Waals surface area contributed by atoms with Gasteiger partial charge in [-0.2, -0.15) is 0 Å². The molecule has 1 aromatic rings. The highest BCUT2D eigenvalue weighted by atomic mass is 16.5. The predicted molar refractivity (Wildman–Crippen MR) is 71.8 cm³/mol. The fourth-order valence-corrected chi connectivity index (χ4v) is 3.11. The fraction of sp³-hybridized carbons (Fsp3) is 0.786. The van der Waals surface area contributed by atoms with Gasteiger partial charge in [0, 0.05) is 31.6 Å². The number of anilines is 1. The molecule has 1 aromatic heterocycles. The highest BCUT2D eigenvalue weighted by Crippen LogP contribution is 2.30. The van der Waals surface area contributed by atoms with E-state index >= 15 is 0 Å². The zero-order valence-corrected chi connectivity index (χ0v) is 11.0. The standard InChI is InChI=1S/C14H23N3O/c1-2-5-12(6-3-1)17-9-8-15-14(17)16-11-13-7-4-10-18-13/h8-9,12-13H,1-7,10-11H2,(H,15,16). The molecule has 4 heteroatoms. The molecule has 100 valence electrons. The first kappa shape index (κ1) is 12.0. The second kappa shape index (κ2) is 5.74. The molecule has 1 atom stereocenters. The van der Waals surface area contributed by atoms with E-state index in [0.717, 1.165) is 19.1 Å². The van der Waals surface area contributed by atoms with E-state index in [1.165, 1.54) is 44.9 Å². The molecule has 1 aliphatic heterocycles. The van der Waals surface area contributed by atoms with Crippen LogP contribution in [0.25, 0.3) is 0 Å². The van der Waals surface area contributed by atoms with Crippen LogP contribution >= 0.6 is 0 Å². The van der Waals surface area contributed by atoms with E-state index in [1.807, 2.05) is 6.20 Å². The van der Waals surface area contributed by atoms with Gasteiger partial charge in [-0.05, 0) is 25.7 Å². The number of imidazole rings is 1. The van der Waals surface area contributed by atoms with E-state index in [9.17, 15) is 0 Å². The Balaban J connectivity index is 1.59. The number of aromatic nitrogens is 2. The summed E-state index contributed by atoms with van der Waals surface area (Å²) >= 11 is 0. The Labute approximate surface area is 109 Å². The molecule has 0 spiro atoms. The molecule has 3 rings (SSSR count). The maximum absolute atomic E-state index is 5.64. The van der Waals surface area contributed by atoms with Crippen molar-refractivity contribution < 1.29 is 4.74 Å². The van der Waals surface area contributed by atoms with Crippen LogP contribution in [-0.2, 0) is 4.74 Å². The average molecular weight is 249 g/mol. The van der Waals surface area contributed by atoms with Crippen molar-refractivity contribution in [3.05, 3.63) is 12.4 Å². The lowest BCUT2D eigenvalue weighted by Gasteiger charge is -2.25. The van der Waals surface area contributed by atoms with E-state index in [2.05, 4.69) is 21.1 Å². The maximum atomic E-state index is 5.64. The molecule has 1 aliphatic carbocycles. The van der Waals surface area contributed by atoms with Crippen molar-refractivity contribution in [3.63, 3.8) is 0 Å². The molecule has 1 N–H and O–H groups in total. The molecule has 0 aromatic carbocycles. The van der Waals surface area contributed by atoms with Crippen LogP contribution < -0.4 is 5.32 Å². The van der Waals surface area contributed by atoms with Crippen molar-refractivity contribution in [3.8, 4) is 0 Å². The molecular weight excluding hydrogens is 226 g/mol. The van der Waals surface area contributed by atoms with Crippen LogP contribution in [-0.4, -0.2) is 28.8 Å². The number of rotatable bonds is 4. The van der Waals surface area contributed by atoms with Crippen LogP contribution in [0.2, 0.25) is 0 Å². The van der Waals surface area contributed by atoms with Crippen molar-refractivity contribution in [1.82, 2.24) is 9.55 Å². The van der Waals surface area contributed by atoms with Gasteiger partial charge in [-0.3, -0.25) is 0 Å². The molecular formula is C14H23N3O. The SMILES string of the molecule is c1cn(C2CCCCC2)c(NCC2CCCO2)n1. The summed E-state index contributed by atoms with van der Waals surface area (Å²) in [5, 5.41) is 3.46. The lowest BCUT2D eigenvalue weighted by atomic mass is 9.95. The summed E-state index contributed by atoms with van der Waals surface area (Å²) in [6.07, 6.45) is 13.5. The second-order valence-corrected chi connectivity index (χ2v) is 5.47. The quantitative estimate of drug-likeness (QED) is 0.891. The first-order valence-electron chi connectivity index (χ1n) is 7.32. The van der Waals surface area contributed by atoms with Crippen molar-refractivity contribution in [1.29, 1.82) is 0 Å². The van der Waals surface area contributed by atoms with E-state index in [1.54, 1.807) is 0 Å². The highest BCUT2D eigenvalue weighted by molar-refractivity contribution is 5.27. The highest BCUT2D eigenvalue weighted by Gasteiger charge is 2.19. The minimum absolute atomic E-state index is 0.376. The lowest BCUT2D eigenvalue weighted by molar-refractivity contribution is 0.120. The molecule has 2 aliphatic rings. The van der Waals surface area contributed by atoms with Gasteiger partial charge in [-0.15, -0.1) is 0 Å². The third-order valence-electron chi connectivity index (χ3n) is 4.15. The summed E-state index contributed by atoms with van der Waals surface area (Å²) in [4.78, 5) is 4.45. The summed E-state index contributed by atoms with van der Waals surface area (Å²) in [6.45, 7) is 1.81. The topological polar surface area (TPSA) is 39.1 Å². The second-order valence-electron chi connectivity index (χ2n) is 5.47. The molecule has 2 fully saturated rings. The summed E-state index contributed by atoms with van der Waals surface area (Å²) in [6, 6.07) is 0.647. The Morgan fingerprint density at radius 1 is 1.22 bits per heavy atom. The van der Waals surface area contributed by atoms with E-state index in [4.69, 9.17) is 4.74 Å². The first-order valence-corrected chi connectivity index (χ1v) is 7.32. The Kier molecular flexibility index (Phi) is 3.84. The van der Waals surface area contributed by atoms with Gasteiger partial charge in [0.25, 0.3) is 0 Å². The molecule has 1 saturated heterocycles. The van der Waals surface area contributed by atoms with E-state index < -0.39 is 0 Å². The zero-order valence-electron chi connectivity index (χ0n) is 11.0. The van der Waals surface area contributed by atoms with Gasteiger partial charge in [0.2, 0.25) is 5.95 Å². The Morgan fingerprint density at radius 3 is 2.89 bits per heavy atom. The fourth-order valence-electron chi connectivity index (χ4n) is 3.11. The van der Waals surface area contributed by atoms with Gasteiger partial charge < -0.3 is 14.6 Å². The third-order valence-corrected chi connectivity index (χ3v) is 4.15. The zero-order chi connectivity index (χ0) is 12.2. The smallest absolute Gasteiger partial charge is 0.203 e. The summed E-state index contributed by atoms with van der Waals surface area (Å²) in [5.74, 6) is 1.03. The van der Waals surface area contributed by atoms with Crippen molar-refractivity contribution >= 4 is 5.95 Å². The molecule has 4 nitrogen and oxygen atoms in total. The van der Waals surface area contributed by atoms with E-state index in [0.29, 0.717) is 12.1 Å². The average Bonchev–Trinajstić information content (AvgIpc) is 3.09. The Bertz CT molecular complexity index is 365. The van der Waals surface area contributed by atoms with Crippen molar-refractivity contribution in [2.45, 2.75) is 57.1 Å². The molecule has 1 saturated carbocycles. The van der Waals surface area contributed by atoms with Crippen LogP contribution in [0, 0.1) is 0 Å². The van der Waals surface area contributed by atoms with Gasteiger partial charge in [0.15, 0.2) is 0 Å². The molecule has 18 heavy (non-hydrogen) atoms. The monoisotopic (exact) mass is 249 g/mol. The minimum atomic E-state index is 0.376. The summed E-state index contributed by atoms with van der Waals surface area (Å²) in [7, 11) is 0. The normalized spacial score (nSPS) is 25.4. The summed E-state index contributed by atoms with van der Waals surface area (Å²) in [5.41, 5.74) is 0.